The summed E-state index contributed by atoms with van der Waals surface area (Å²) in [6.45, 7) is 5.43. The summed E-state index contributed by atoms with van der Waals surface area (Å²) in [6, 6.07) is 13.7. The molecule has 0 bridgehead atoms. The molecule has 0 spiro atoms. The van der Waals surface area contributed by atoms with Crippen molar-refractivity contribution in [1.29, 1.82) is 0 Å². The fourth-order valence-corrected chi connectivity index (χ4v) is 3.85. The number of rotatable bonds is 7. The van der Waals surface area contributed by atoms with E-state index in [4.69, 9.17) is 0 Å². The molecule has 8 heteroatoms. The molecular weight excluding hydrogens is 378 g/mol. The number of hydrogen-bond acceptors (Lipinski definition) is 4. The van der Waals surface area contributed by atoms with E-state index in [9.17, 15) is 18.0 Å². The van der Waals surface area contributed by atoms with Gasteiger partial charge in [0.25, 0.3) is 11.8 Å². The van der Waals surface area contributed by atoms with Crippen LogP contribution in [-0.2, 0) is 21.2 Å². The fraction of sp³-hybridized carbons (Fsp3) is 0.300. The molecule has 0 aromatic heterocycles. The van der Waals surface area contributed by atoms with E-state index in [0.717, 1.165) is 12.0 Å². The monoisotopic (exact) mass is 403 g/mol. The molecule has 0 unspecified atom stereocenters. The molecule has 0 aliphatic carbocycles. The van der Waals surface area contributed by atoms with Crippen molar-refractivity contribution in [2.45, 2.75) is 38.1 Å². The van der Waals surface area contributed by atoms with Gasteiger partial charge in [0.15, 0.2) is 0 Å². The van der Waals surface area contributed by atoms with Crippen LogP contribution in [0.25, 0.3) is 0 Å². The van der Waals surface area contributed by atoms with Gasteiger partial charge in [0.05, 0.1) is 4.90 Å². The quantitative estimate of drug-likeness (QED) is 0.615. The van der Waals surface area contributed by atoms with Crippen LogP contribution in [0, 0.1) is 5.92 Å². The molecule has 0 radical (unpaired) electrons. The third-order valence-corrected chi connectivity index (χ3v) is 5.67. The molecular formula is C20H25N3O4S. The van der Waals surface area contributed by atoms with Crippen LogP contribution >= 0.6 is 0 Å². The largest absolute Gasteiger partial charge is 0.271 e. The van der Waals surface area contributed by atoms with Crippen molar-refractivity contribution in [1.82, 2.24) is 15.6 Å². The third kappa shape index (κ3) is 5.64. The highest BCUT2D eigenvalue weighted by Gasteiger charge is 2.28. The van der Waals surface area contributed by atoms with Gasteiger partial charge in [-0.1, -0.05) is 51.1 Å². The molecule has 0 aliphatic rings. The minimum Gasteiger partial charge on any atom is -0.271 e. The maximum absolute atomic E-state index is 12.5. The summed E-state index contributed by atoms with van der Waals surface area (Å²) in [4.78, 5) is 24.7. The van der Waals surface area contributed by atoms with Crippen molar-refractivity contribution >= 4 is 21.8 Å². The number of sulfonamides is 1. The first-order valence-corrected chi connectivity index (χ1v) is 10.5. The van der Waals surface area contributed by atoms with Gasteiger partial charge in [0, 0.05) is 5.56 Å². The minimum absolute atomic E-state index is 0.0634. The second kappa shape index (κ2) is 9.48. The second-order valence-electron chi connectivity index (χ2n) is 6.65. The van der Waals surface area contributed by atoms with Crippen molar-refractivity contribution < 1.29 is 18.0 Å². The van der Waals surface area contributed by atoms with E-state index in [0.29, 0.717) is 5.56 Å². The van der Waals surface area contributed by atoms with Crippen LogP contribution < -0.4 is 15.6 Å². The summed E-state index contributed by atoms with van der Waals surface area (Å²) < 4.78 is 27.4. The zero-order valence-electron chi connectivity index (χ0n) is 16.1. The van der Waals surface area contributed by atoms with E-state index in [1.165, 1.54) is 12.1 Å². The van der Waals surface area contributed by atoms with Crippen molar-refractivity contribution in [3.8, 4) is 0 Å². The fourth-order valence-electron chi connectivity index (χ4n) is 2.49. The Morgan fingerprint density at radius 3 is 2.07 bits per heavy atom. The molecule has 0 heterocycles. The molecule has 7 nitrogen and oxygen atoms in total. The summed E-state index contributed by atoms with van der Waals surface area (Å²) in [6.07, 6.45) is 0.857. The highest BCUT2D eigenvalue weighted by Crippen LogP contribution is 2.11. The van der Waals surface area contributed by atoms with Crippen molar-refractivity contribution in [3.63, 3.8) is 0 Å². The topological polar surface area (TPSA) is 104 Å². The zero-order valence-corrected chi connectivity index (χ0v) is 16.9. The molecule has 28 heavy (non-hydrogen) atoms. The van der Waals surface area contributed by atoms with Crippen LogP contribution in [0.3, 0.4) is 0 Å². The third-order valence-electron chi connectivity index (χ3n) is 4.21. The molecule has 3 N–H and O–H groups in total. The number of nitrogens with one attached hydrogen (secondary N) is 3. The Morgan fingerprint density at radius 2 is 1.54 bits per heavy atom. The first-order valence-electron chi connectivity index (χ1n) is 9.01. The van der Waals surface area contributed by atoms with Crippen molar-refractivity contribution in [2.24, 2.45) is 5.92 Å². The van der Waals surface area contributed by atoms with E-state index in [1.54, 1.807) is 44.2 Å². The lowest BCUT2D eigenvalue weighted by molar-refractivity contribution is -0.124. The molecule has 1 atom stereocenters. The van der Waals surface area contributed by atoms with Gasteiger partial charge in [-0.3, -0.25) is 20.4 Å². The van der Waals surface area contributed by atoms with Crippen LogP contribution in [0.15, 0.2) is 59.5 Å². The van der Waals surface area contributed by atoms with Gasteiger partial charge in [-0.2, -0.15) is 4.72 Å². The lowest BCUT2D eigenvalue weighted by Crippen LogP contribution is -2.54. The van der Waals surface area contributed by atoms with Gasteiger partial charge >= 0.3 is 0 Å². The molecule has 2 amide bonds. The summed E-state index contributed by atoms with van der Waals surface area (Å²) in [5.41, 5.74) is 6.11. The number of amides is 2. The van der Waals surface area contributed by atoms with Crippen LogP contribution in [0.4, 0.5) is 0 Å². The number of hydrogen-bond donors (Lipinski definition) is 3. The average molecular weight is 404 g/mol. The van der Waals surface area contributed by atoms with E-state index < -0.39 is 27.9 Å². The SMILES string of the molecule is CCc1ccc(C(=O)NNC(=O)[C@@H](NS(=O)(=O)c2ccccc2)C(C)C)cc1. The average Bonchev–Trinajstić information content (AvgIpc) is 2.70. The maximum Gasteiger partial charge on any atom is 0.269 e. The number of hydrazine groups is 1. The Bertz CT molecular complexity index is 910. The Labute approximate surface area is 165 Å². The van der Waals surface area contributed by atoms with Crippen LogP contribution in [0.5, 0.6) is 0 Å². The summed E-state index contributed by atoms with van der Waals surface area (Å²) in [7, 11) is -3.87. The Morgan fingerprint density at radius 1 is 0.929 bits per heavy atom. The van der Waals surface area contributed by atoms with Gasteiger partial charge in [0.2, 0.25) is 10.0 Å². The van der Waals surface area contributed by atoms with Crippen molar-refractivity contribution in [3.05, 3.63) is 65.7 Å². The molecule has 0 fully saturated rings. The van der Waals surface area contributed by atoms with Crippen LogP contribution in [0.2, 0.25) is 0 Å². The number of aryl methyl sites for hydroxylation is 1. The molecule has 2 aromatic rings. The molecule has 2 rings (SSSR count). The van der Waals surface area contributed by atoms with Crippen molar-refractivity contribution in [2.75, 3.05) is 0 Å². The van der Waals surface area contributed by atoms with Gasteiger partial charge in [-0.05, 0) is 42.2 Å². The maximum atomic E-state index is 12.5. The number of benzene rings is 2. The lowest BCUT2D eigenvalue weighted by Gasteiger charge is -2.21. The number of carbonyl (C=O) groups is 2. The highest BCUT2D eigenvalue weighted by atomic mass is 32.2. The standard InChI is InChI=1S/C20H25N3O4S/c1-4-15-10-12-16(13-11-15)19(24)21-22-20(25)18(14(2)3)23-28(26,27)17-8-6-5-7-9-17/h5-14,18,23H,4H2,1-3H3,(H,21,24)(H,22,25)/t18-/m0/s1. The normalized spacial score (nSPS) is 12.4. The molecule has 150 valence electrons. The van der Waals surface area contributed by atoms with Gasteiger partial charge in [-0.25, -0.2) is 8.42 Å². The van der Waals surface area contributed by atoms with E-state index >= 15 is 0 Å². The molecule has 0 aliphatic heterocycles. The summed E-state index contributed by atoms with van der Waals surface area (Å²) >= 11 is 0. The van der Waals surface area contributed by atoms with Crippen LogP contribution in [0.1, 0.15) is 36.7 Å². The summed E-state index contributed by atoms with van der Waals surface area (Å²) in [5.74, 6) is -1.46. The smallest absolute Gasteiger partial charge is 0.269 e. The predicted molar refractivity (Wildman–Crippen MR) is 107 cm³/mol. The first-order chi connectivity index (χ1) is 13.2. The summed E-state index contributed by atoms with van der Waals surface area (Å²) in [5, 5.41) is 0. The van der Waals surface area contributed by atoms with Gasteiger partial charge < -0.3 is 0 Å². The van der Waals surface area contributed by atoms with Crippen LogP contribution in [-0.4, -0.2) is 26.3 Å². The molecule has 2 aromatic carbocycles. The molecule has 0 saturated carbocycles. The van der Waals surface area contributed by atoms with E-state index in [2.05, 4.69) is 15.6 Å². The highest BCUT2D eigenvalue weighted by molar-refractivity contribution is 7.89. The van der Waals surface area contributed by atoms with E-state index in [-0.39, 0.29) is 10.8 Å². The Balaban J connectivity index is 2.03. The van der Waals surface area contributed by atoms with Gasteiger partial charge in [0.1, 0.15) is 6.04 Å². The molecule has 0 saturated heterocycles. The van der Waals surface area contributed by atoms with Gasteiger partial charge in [-0.15, -0.1) is 0 Å². The predicted octanol–water partition coefficient (Wildman–Crippen LogP) is 2.01. The van der Waals surface area contributed by atoms with E-state index in [1.807, 2.05) is 19.1 Å². The first kappa shape index (κ1) is 21.6. The Kier molecular flexibility index (Phi) is 7.31. The minimum atomic E-state index is -3.87. The second-order valence-corrected chi connectivity index (χ2v) is 8.36. The Hall–Kier alpha value is -2.71. The zero-order chi connectivity index (χ0) is 20.7. The number of carbonyl (C=O) groups excluding carboxylic acids is 2. The lowest BCUT2D eigenvalue weighted by atomic mass is 10.1.